The van der Waals surface area contributed by atoms with Gasteiger partial charge in [0.05, 0.1) is 12.2 Å². The SMILES string of the molecule is S=c1[nH]cc(-c2ccccc2)n1Cc1nccs1. The molecule has 0 amide bonds. The van der Waals surface area contributed by atoms with E-state index in [1.807, 2.05) is 36.0 Å². The van der Waals surface area contributed by atoms with Gasteiger partial charge in [-0.05, 0) is 17.8 Å². The summed E-state index contributed by atoms with van der Waals surface area (Å²) in [4.78, 5) is 7.41. The molecule has 0 spiro atoms. The first kappa shape index (κ1) is 11.4. The molecule has 0 bridgehead atoms. The lowest BCUT2D eigenvalue weighted by Gasteiger charge is -2.06. The van der Waals surface area contributed by atoms with Crippen LogP contribution in [0.2, 0.25) is 0 Å². The van der Waals surface area contributed by atoms with Crippen LogP contribution in [0.3, 0.4) is 0 Å². The highest BCUT2D eigenvalue weighted by atomic mass is 32.1. The second-order valence-electron chi connectivity index (χ2n) is 3.86. The van der Waals surface area contributed by atoms with E-state index in [1.54, 1.807) is 11.3 Å². The molecule has 2 heterocycles. The lowest BCUT2D eigenvalue weighted by atomic mass is 10.2. The van der Waals surface area contributed by atoms with Crippen molar-refractivity contribution in [3.63, 3.8) is 0 Å². The van der Waals surface area contributed by atoms with Crippen molar-refractivity contribution in [2.75, 3.05) is 0 Å². The molecule has 90 valence electrons. The summed E-state index contributed by atoms with van der Waals surface area (Å²) in [5, 5.41) is 3.04. The number of hydrogen-bond donors (Lipinski definition) is 1. The molecule has 0 unspecified atom stereocenters. The second kappa shape index (κ2) is 4.88. The number of H-pyrrole nitrogens is 1. The van der Waals surface area contributed by atoms with E-state index in [0.717, 1.165) is 21.0 Å². The molecule has 0 saturated carbocycles. The van der Waals surface area contributed by atoms with Crippen LogP contribution in [0, 0.1) is 4.77 Å². The standard InChI is InChI=1S/C13H11N3S2/c17-13-15-8-11(10-4-2-1-3-5-10)16(13)9-12-14-6-7-18-12/h1-8H,9H2,(H,15,17). The summed E-state index contributed by atoms with van der Waals surface area (Å²) in [5.74, 6) is 0. The van der Waals surface area contributed by atoms with Gasteiger partial charge in [0.1, 0.15) is 5.01 Å². The molecule has 0 aliphatic heterocycles. The number of nitrogens with zero attached hydrogens (tertiary/aromatic N) is 2. The van der Waals surface area contributed by atoms with Crippen molar-refractivity contribution in [2.24, 2.45) is 0 Å². The van der Waals surface area contributed by atoms with E-state index in [0.29, 0.717) is 6.54 Å². The van der Waals surface area contributed by atoms with Crippen molar-refractivity contribution in [3.8, 4) is 11.3 Å². The Balaban J connectivity index is 2.04. The number of thiazole rings is 1. The Morgan fingerprint density at radius 1 is 1.28 bits per heavy atom. The highest BCUT2D eigenvalue weighted by Crippen LogP contribution is 2.20. The number of benzene rings is 1. The smallest absolute Gasteiger partial charge is 0.178 e. The first-order chi connectivity index (χ1) is 8.84. The van der Waals surface area contributed by atoms with Gasteiger partial charge < -0.3 is 9.55 Å². The third-order valence-corrected chi connectivity index (χ3v) is 3.82. The molecule has 0 aliphatic carbocycles. The van der Waals surface area contributed by atoms with E-state index in [4.69, 9.17) is 12.2 Å². The summed E-state index contributed by atoms with van der Waals surface area (Å²) in [7, 11) is 0. The van der Waals surface area contributed by atoms with Crippen LogP contribution in [0.5, 0.6) is 0 Å². The van der Waals surface area contributed by atoms with Crippen LogP contribution in [-0.4, -0.2) is 14.5 Å². The molecule has 0 aliphatic rings. The van der Waals surface area contributed by atoms with Crippen LogP contribution >= 0.6 is 23.6 Å². The van der Waals surface area contributed by atoms with Gasteiger partial charge in [0.2, 0.25) is 0 Å². The Bertz CT molecular complexity index is 681. The van der Waals surface area contributed by atoms with E-state index in [1.165, 1.54) is 0 Å². The van der Waals surface area contributed by atoms with Crippen molar-refractivity contribution in [3.05, 3.63) is 57.9 Å². The molecule has 3 rings (SSSR count). The van der Waals surface area contributed by atoms with Crippen LogP contribution in [0.1, 0.15) is 5.01 Å². The first-order valence-corrected chi connectivity index (χ1v) is 6.85. The van der Waals surface area contributed by atoms with Crippen LogP contribution in [0.4, 0.5) is 0 Å². The maximum absolute atomic E-state index is 5.33. The van der Waals surface area contributed by atoms with E-state index < -0.39 is 0 Å². The molecule has 3 nitrogen and oxygen atoms in total. The number of aromatic nitrogens is 3. The molecule has 0 atom stereocenters. The molecule has 3 aromatic rings. The summed E-state index contributed by atoms with van der Waals surface area (Å²) in [6.45, 7) is 0.713. The molecular formula is C13H11N3S2. The molecule has 2 aromatic heterocycles. The fourth-order valence-corrected chi connectivity index (χ4v) is 2.69. The lowest BCUT2D eigenvalue weighted by molar-refractivity contribution is 0.785. The van der Waals surface area contributed by atoms with Gasteiger partial charge in [-0.3, -0.25) is 0 Å². The van der Waals surface area contributed by atoms with Gasteiger partial charge in [0, 0.05) is 17.8 Å². The van der Waals surface area contributed by atoms with Gasteiger partial charge in [-0.25, -0.2) is 4.98 Å². The Morgan fingerprint density at radius 2 is 2.11 bits per heavy atom. The Hall–Kier alpha value is -1.72. The highest BCUT2D eigenvalue weighted by molar-refractivity contribution is 7.71. The van der Waals surface area contributed by atoms with Gasteiger partial charge in [-0.2, -0.15) is 0 Å². The third kappa shape index (κ3) is 2.14. The highest BCUT2D eigenvalue weighted by Gasteiger charge is 2.07. The third-order valence-electron chi connectivity index (χ3n) is 2.71. The molecule has 0 radical (unpaired) electrons. The van der Waals surface area contributed by atoms with Gasteiger partial charge >= 0.3 is 0 Å². The zero-order valence-corrected chi connectivity index (χ0v) is 11.2. The predicted octanol–water partition coefficient (Wildman–Crippen LogP) is 3.72. The average Bonchev–Trinajstić information content (AvgIpc) is 3.03. The second-order valence-corrected chi connectivity index (χ2v) is 5.22. The fourth-order valence-electron chi connectivity index (χ4n) is 1.87. The normalized spacial score (nSPS) is 10.7. The summed E-state index contributed by atoms with van der Waals surface area (Å²) < 4.78 is 2.80. The maximum atomic E-state index is 5.33. The zero-order valence-electron chi connectivity index (χ0n) is 9.54. The number of hydrogen-bond acceptors (Lipinski definition) is 3. The molecule has 0 fully saturated rings. The Kier molecular flexibility index (Phi) is 3.08. The number of aromatic amines is 1. The molecular weight excluding hydrogens is 262 g/mol. The summed E-state index contributed by atoms with van der Waals surface area (Å²) in [6, 6.07) is 10.2. The van der Waals surface area contributed by atoms with Crippen LogP contribution in [0.25, 0.3) is 11.3 Å². The van der Waals surface area contributed by atoms with Crippen molar-refractivity contribution in [1.82, 2.24) is 14.5 Å². The zero-order chi connectivity index (χ0) is 12.4. The van der Waals surface area contributed by atoms with E-state index in [9.17, 15) is 0 Å². The Morgan fingerprint density at radius 3 is 2.83 bits per heavy atom. The maximum Gasteiger partial charge on any atom is 0.178 e. The number of nitrogens with one attached hydrogen (secondary N) is 1. The van der Waals surface area contributed by atoms with Gasteiger partial charge in [0.25, 0.3) is 0 Å². The molecule has 1 aromatic carbocycles. The largest absolute Gasteiger partial charge is 0.337 e. The first-order valence-electron chi connectivity index (χ1n) is 5.56. The van der Waals surface area contributed by atoms with Gasteiger partial charge in [0.15, 0.2) is 4.77 Å². The van der Waals surface area contributed by atoms with E-state index in [-0.39, 0.29) is 0 Å². The van der Waals surface area contributed by atoms with Gasteiger partial charge in [-0.1, -0.05) is 30.3 Å². The van der Waals surface area contributed by atoms with Gasteiger partial charge in [-0.15, -0.1) is 11.3 Å². The Labute approximate surface area is 114 Å². The molecule has 18 heavy (non-hydrogen) atoms. The van der Waals surface area contributed by atoms with Crippen molar-refractivity contribution < 1.29 is 0 Å². The quantitative estimate of drug-likeness (QED) is 0.738. The predicted molar refractivity (Wildman–Crippen MR) is 76.3 cm³/mol. The van der Waals surface area contributed by atoms with E-state index >= 15 is 0 Å². The van der Waals surface area contributed by atoms with E-state index in [2.05, 4.69) is 26.7 Å². The van der Waals surface area contributed by atoms with Crippen molar-refractivity contribution in [1.29, 1.82) is 0 Å². The lowest BCUT2D eigenvalue weighted by Crippen LogP contribution is -2.01. The molecule has 1 N–H and O–H groups in total. The van der Waals surface area contributed by atoms with Crippen molar-refractivity contribution >= 4 is 23.6 Å². The minimum absolute atomic E-state index is 0.713. The topological polar surface area (TPSA) is 33.6 Å². The van der Waals surface area contributed by atoms with Crippen LogP contribution < -0.4 is 0 Å². The minimum atomic E-state index is 0.713. The van der Waals surface area contributed by atoms with Crippen molar-refractivity contribution in [2.45, 2.75) is 6.54 Å². The molecule has 0 saturated heterocycles. The monoisotopic (exact) mass is 273 g/mol. The number of imidazole rings is 1. The number of rotatable bonds is 3. The van der Waals surface area contributed by atoms with Crippen LogP contribution in [0.15, 0.2) is 48.1 Å². The minimum Gasteiger partial charge on any atom is -0.337 e. The molecule has 5 heteroatoms. The summed E-state index contributed by atoms with van der Waals surface area (Å²) >= 11 is 6.97. The van der Waals surface area contributed by atoms with Crippen LogP contribution in [-0.2, 0) is 6.54 Å². The fraction of sp³-hybridized carbons (Fsp3) is 0.0769. The average molecular weight is 273 g/mol. The summed E-state index contributed by atoms with van der Waals surface area (Å²) in [6.07, 6.45) is 3.77. The summed E-state index contributed by atoms with van der Waals surface area (Å²) in [5.41, 5.74) is 2.25.